The molecule has 2 aliphatic heterocycles. The third-order valence-corrected chi connectivity index (χ3v) is 6.83. The van der Waals surface area contributed by atoms with Gasteiger partial charge in [-0.05, 0) is 57.3 Å². The van der Waals surface area contributed by atoms with Crippen LogP contribution in [0.25, 0.3) is 0 Å². The van der Waals surface area contributed by atoms with Gasteiger partial charge in [-0.15, -0.1) is 0 Å². The molecule has 0 radical (unpaired) electrons. The highest BCUT2D eigenvalue weighted by atomic mass is 16.5. The van der Waals surface area contributed by atoms with Crippen molar-refractivity contribution in [3.8, 4) is 0 Å². The lowest BCUT2D eigenvalue weighted by molar-refractivity contribution is -0.139. The van der Waals surface area contributed by atoms with Crippen LogP contribution < -0.4 is 0 Å². The minimum absolute atomic E-state index is 0.000329. The maximum absolute atomic E-state index is 13.2. The highest BCUT2D eigenvalue weighted by molar-refractivity contribution is 5.93. The zero-order valence-corrected chi connectivity index (χ0v) is 17.3. The molecule has 3 aliphatic rings. The van der Waals surface area contributed by atoms with Crippen LogP contribution >= 0.6 is 0 Å². The van der Waals surface area contributed by atoms with Gasteiger partial charge < -0.3 is 14.3 Å². The Bertz CT molecular complexity index is 741. The van der Waals surface area contributed by atoms with Crippen LogP contribution in [0.3, 0.4) is 0 Å². The van der Waals surface area contributed by atoms with E-state index in [0.717, 1.165) is 88.8 Å². The first-order chi connectivity index (χ1) is 13.5. The van der Waals surface area contributed by atoms with Gasteiger partial charge in [0.1, 0.15) is 0 Å². The van der Waals surface area contributed by atoms with E-state index in [2.05, 4.69) is 19.0 Å². The average molecular weight is 388 g/mol. The number of likely N-dealkylation sites (tertiary alicyclic amines) is 2. The van der Waals surface area contributed by atoms with Gasteiger partial charge in [0.15, 0.2) is 0 Å². The van der Waals surface area contributed by atoms with E-state index in [0.29, 0.717) is 18.1 Å². The Morgan fingerprint density at radius 1 is 1.14 bits per heavy atom. The second-order valence-corrected chi connectivity index (χ2v) is 9.47. The van der Waals surface area contributed by atoms with Gasteiger partial charge in [-0.25, -0.2) is 0 Å². The number of aromatic nitrogens is 1. The highest BCUT2D eigenvalue weighted by Gasteiger charge is 2.43. The lowest BCUT2D eigenvalue weighted by atomic mass is 9.73. The van der Waals surface area contributed by atoms with Gasteiger partial charge in [0.05, 0.1) is 5.69 Å². The Labute approximate surface area is 167 Å². The van der Waals surface area contributed by atoms with E-state index < -0.39 is 0 Å². The molecule has 1 spiro atoms. The largest absolute Gasteiger partial charge is 0.350 e. The zero-order valence-electron chi connectivity index (χ0n) is 17.3. The van der Waals surface area contributed by atoms with Crippen LogP contribution in [-0.2, 0) is 17.6 Å². The van der Waals surface area contributed by atoms with Crippen LogP contribution in [0, 0.1) is 11.3 Å². The third kappa shape index (κ3) is 3.83. The van der Waals surface area contributed by atoms with Crippen molar-refractivity contribution >= 4 is 11.8 Å². The van der Waals surface area contributed by atoms with Crippen LogP contribution in [0.2, 0.25) is 0 Å². The molecule has 3 heterocycles. The molecule has 1 atom stereocenters. The number of carbonyl (C=O) groups is 2. The second-order valence-electron chi connectivity index (χ2n) is 9.47. The first-order valence-corrected chi connectivity index (χ1v) is 11.0. The SMILES string of the molecule is CC(C)CCN1C[C@]2(CCCN(C(=O)c3onc4c3CCCC4)C2)CCC1=O. The van der Waals surface area contributed by atoms with E-state index in [9.17, 15) is 9.59 Å². The minimum Gasteiger partial charge on any atom is -0.350 e. The standard InChI is InChI=1S/C22H33N3O3/c1-16(2)9-13-24-14-22(11-8-19(24)26)10-5-12-25(15-22)21(27)20-17-6-3-4-7-18(17)23-28-20/h16H,3-15H2,1-2H3/t22-/m0/s1. The van der Waals surface area contributed by atoms with E-state index >= 15 is 0 Å². The molecule has 6 nitrogen and oxygen atoms in total. The number of hydrogen-bond donors (Lipinski definition) is 0. The van der Waals surface area contributed by atoms with Crippen LogP contribution in [-0.4, -0.2) is 52.9 Å². The van der Waals surface area contributed by atoms with E-state index in [1.165, 1.54) is 0 Å². The molecule has 28 heavy (non-hydrogen) atoms. The number of rotatable bonds is 4. The predicted molar refractivity (Wildman–Crippen MR) is 106 cm³/mol. The molecular formula is C22H33N3O3. The van der Waals surface area contributed by atoms with E-state index in [1.54, 1.807) is 0 Å². The maximum Gasteiger partial charge on any atom is 0.292 e. The Balaban J connectivity index is 1.47. The molecule has 1 aromatic rings. The van der Waals surface area contributed by atoms with Crippen LogP contribution in [0.5, 0.6) is 0 Å². The van der Waals surface area contributed by atoms with Crippen molar-refractivity contribution in [1.29, 1.82) is 0 Å². The summed E-state index contributed by atoms with van der Waals surface area (Å²) in [4.78, 5) is 29.7. The Morgan fingerprint density at radius 3 is 2.79 bits per heavy atom. The fraction of sp³-hybridized carbons (Fsp3) is 0.773. The van der Waals surface area contributed by atoms with Crippen molar-refractivity contribution in [3.63, 3.8) is 0 Å². The van der Waals surface area contributed by atoms with Crippen molar-refractivity contribution in [3.05, 3.63) is 17.0 Å². The van der Waals surface area contributed by atoms with Gasteiger partial charge in [0.2, 0.25) is 11.7 Å². The monoisotopic (exact) mass is 387 g/mol. The molecule has 4 rings (SSSR count). The number of fused-ring (bicyclic) bond motifs is 1. The van der Waals surface area contributed by atoms with Crippen LogP contribution in [0.4, 0.5) is 0 Å². The summed E-state index contributed by atoms with van der Waals surface area (Å²) in [5, 5.41) is 4.16. The minimum atomic E-state index is 0.000329. The molecule has 0 unspecified atom stereocenters. The number of piperidine rings is 2. The first kappa shape index (κ1) is 19.5. The van der Waals surface area contributed by atoms with Gasteiger partial charge >= 0.3 is 0 Å². The van der Waals surface area contributed by atoms with E-state index in [-0.39, 0.29) is 17.2 Å². The summed E-state index contributed by atoms with van der Waals surface area (Å²) in [5.41, 5.74) is 2.05. The zero-order chi connectivity index (χ0) is 19.7. The number of amides is 2. The van der Waals surface area contributed by atoms with Gasteiger partial charge in [0.25, 0.3) is 5.91 Å². The first-order valence-electron chi connectivity index (χ1n) is 11.0. The summed E-state index contributed by atoms with van der Waals surface area (Å²) in [5.74, 6) is 1.34. The summed E-state index contributed by atoms with van der Waals surface area (Å²) in [6, 6.07) is 0. The predicted octanol–water partition coefficient (Wildman–Crippen LogP) is 3.44. The number of nitrogens with zero attached hydrogens (tertiary/aromatic N) is 3. The Hall–Kier alpha value is -1.85. The summed E-state index contributed by atoms with van der Waals surface area (Å²) >= 11 is 0. The van der Waals surface area contributed by atoms with Crippen molar-refractivity contribution in [2.45, 2.75) is 71.6 Å². The van der Waals surface area contributed by atoms with Crippen molar-refractivity contribution in [1.82, 2.24) is 15.0 Å². The number of aryl methyl sites for hydroxylation is 1. The molecule has 1 aromatic heterocycles. The van der Waals surface area contributed by atoms with Crippen molar-refractivity contribution < 1.29 is 14.1 Å². The summed E-state index contributed by atoms with van der Waals surface area (Å²) < 4.78 is 5.51. The summed E-state index contributed by atoms with van der Waals surface area (Å²) in [6.45, 7) is 7.52. The van der Waals surface area contributed by atoms with E-state index in [4.69, 9.17) is 4.52 Å². The molecule has 6 heteroatoms. The van der Waals surface area contributed by atoms with Crippen LogP contribution in [0.1, 0.15) is 80.6 Å². The second kappa shape index (κ2) is 7.88. The quantitative estimate of drug-likeness (QED) is 0.794. The number of hydrogen-bond acceptors (Lipinski definition) is 4. The molecule has 2 fully saturated rings. The molecule has 0 N–H and O–H groups in total. The molecule has 154 valence electrons. The van der Waals surface area contributed by atoms with Crippen molar-refractivity contribution in [2.75, 3.05) is 26.2 Å². The third-order valence-electron chi connectivity index (χ3n) is 6.83. The fourth-order valence-electron chi connectivity index (χ4n) is 5.14. The van der Waals surface area contributed by atoms with Gasteiger partial charge in [-0.1, -0.05) is 19.0 Å². The molecule has 0 aromatic carbocycles. The molecule has 0 saturated carbocycles. The van der Waals surface area contributed by atoms with Gasteiger partial charge in [-0.2, -0.15) is 0 Å². The maximum atomic E-state index is 13.2. The fourth-order valence-corrected chi connectivity index (χ4v) is 5.14. The normalized spacial score (nSPS) is 25.5. The Kier molecular flexibility index (Phi) is 5.48. The average Bonchev–Trinajstić information content (AvgIpc) is 3.12. The molecule has 2 amide bonds. The van der Waals surface area contributed by atoms with Crippen molar-refractivity contribution in [2.24, 2.45) is 11.3 Å². The smallest absolute Gasteiger partial charge is 0.292 e. The molecular weight excluding hydrogens is 354 g/mol. The van der Waals surface area contributed by atoms with Gasteiger partial charge in [-0.3, -0.25) is 9.59 Å². The topological polar surface area (TPSA) is 66.7 Å². The molecule has 2 saturated heterocycles. The molecule has 1 aliphatic carbocycles. The van der Waals surface area contributed by atoms with E-state index in [1.807, 2.05) is 9.80 Å². The summed E-state index contributed by atoms with van der Waals surface area (Å²) in [6.07, 6.45) is 8.67. The lowest BCUT2D eigenvalue weighted by Gasteiger charge is -2.48. The highest BCUT2D eigenvalue weighted by Crippen LogP contribution is 2.39. The summed E-state index contributed by atoms with van der Waals surface area (Å²) in [7, 11) is 0. The Morgan fingerprint density at radius 2 is 1.96 bits per heavy atom. The lowest BCUT2D eigenvalue weighted by Crippen LogP contribution is -2.55. The van der Waals surface area contributed by atoms with Crippen LogP contribution in [0.15, 0.2) is 4.52 Å². The van der Waals surface area contributed by atoms with Gasteiger partial charge in [0, 0.05) is 43.6 Å². The molecule has 0 bridgehead atoms. The number of carbonyl (C=O) groups excluding carboxylic acids is 2.